The number of aryl methyl sites for hydroxylation is 2. The van der Waals surface area contributed by atoms with Crippen molar-refractivity contribution in [2.24, 2.45) is 0 Å². The molecule has 0 aliphatic heterocycles. The minimum absolute atomic E-state index is 0.0442. The van der Waals surface area contributed by atoms with E-state index < -0.39 is 4.92 Å². The summed E-state index contributed by atoms with van der Waals surface area (Å²) in [6.07, 6.45) is 0. The molecule has 1 heterocycles. The number of para-hydroxylation sites is 1. The molecule has 0 aliphatic carbocycles. The van der Waals surface area contributed by atoms with E-state index in [1.54, 1.807) is 25.2 Å². The van der Waals surface area contributed by atoms with Gasteiger partial charge in [-0.1, -0.05) is 6.07 Å². The fraction of sp³-hybridized carbons (Fsp3) is 0.231. The van der Waals surface area contributed by atoms with E-state index in [2.05, 4.69) is 15.3 Å². The van der Waals surface area contributed by atoms with Gasteiger partial charge >= 0.3 is 5.69 Å². The van der Waals surface area contributed by atoms with Crippen molar-refractivity contribution in [1.82, 2.24) is 9.97 Å². The summed E-state index contributed by atoms with van der Waals surface area (Å²) in [5.41, 5.74) is 2.20. The fourth-order valence-corrected chi connectivity index (χ4v) is 2.84. The molecule has 1 N–H and O–H groups in total. The molecular weight excluding hydrogens is 276 g/mol. The lowest BCUT2D eigenvalue weighted by Crippen LogP contribution is -1.99. The van der Waals surface area contributed by atoms with Gasteiger partial charge in [0, 0.05) is 18.4 Å². The Bertz CT molecular complexity index is 641. The Hall–Kier alpha value is -2.15. The maximum atomic E-state index is 11.2. The summed E-state index contributed by atoms with van der Waals surface area (Å²) in [4.78, 5) is 20.0. The predicted molar refractivity (Wildman–Crippen MR) is 78.3 cm³/mol. The normalized spacial score (nSPS) is 10.3. The van der Waals surface area contributed by atoms with Gasteiger partial charge < -0.3 is 5.32 Å². The quantitative estimate of drug-likeness (QED) is 0.529. The average molecular weight is 290 g/mol. The molecule has 7 heteroatoms. The lowest BCUT2D eigenvalue weighted by Gasteiger charge is -2.07. The molecule has 0 amide bonds. The molecule has 2 rings (SSSR count). The van der Waals surface area contributed by atoms with Crippen LogP contribution in [-0.2, 0) is 0 Å². The van der Waals surface area contributed by atoms with Crippen LogP contribution >= 0.6 is 11.8 Å². The lowest BCUT2D eigenvalue weighted by molar-refractivity contribution is -0.386. The molecule has 2 aromatic rings. The van der Waals surface area contributed by atoms with Gasteiger partial charge in [-0.25, -0.2) is 9.97 Å². The summed E-state index contributed by atoms with van der Waals surface area (Å²) < 4.78 is 0. The number of aromatic nitrogens is 2. The number of rotatable bonds is 4. The second kappa shape index (κ2) is 5.87. The molecule has 6 nitrogen and oxygen atoms in total. The van der Waals surface area contributed by atoms with E-state index in [9.17, 15) is 10.1 Å². The van der Waals surface area contributed by atoms with Gasteiger partial charge in [0.1, 0.15) is 5.69 Å². The Kier molecular flexibility index (Phi) is 4.19. The van der Waals surface area contributed by atoms with Gasteiger partial charge in [-0.05, 0) is 43.8 Å². The van der Waals surface area contributed by atoms with E-state index in [0.29, 0.717) is 15.7 Å². The zero-order chi connectivity index (χ0) is 14.7. The highest BCUT2D eigenvalue weighted by molar-refractivity contribution is 7.99. The van der Waals surface area contributed by atoms with Crippen LogP contribution in [0.5, 0.6) is 0 Å². The van der Waals surface area contributed by atoms with Crippen molar-refractivity contribution in [1.29, 1.82) is 0 Å². The van der Waals surface area contributed by atoms with Gasteiger partial charge in [0.15, 0.2) is 5.16 Å². The number of hydrogen-bond donors (Lipinski definition) is 1. The maximum absolute atomic E-state index is 11.2. The van der Waals surface area contributed by atoms with Crippen molar-refractivity contribution in [2.75, 3.05) is 12.4 Å². The number of nitro groups is 1. The molecule has 0 fully saturated rings. The van der Waals surface area contributed by atoms with Crippen LogP contribution in [0, 0.1) is 24.0 Å². The summed E-state index contributed by atoms with van der Waals surface area (Å²) >= 11 is 1.20. The van der Waals surface area contributed by atoms with Gasteiger partial charge in [0.2, 0.25) is 0 Å². The van der Waals surface area contributed by atoms with E-state index in [0.717, 1.165) is 11.4 Å². The molecule has 0 saturated heterocycles. The number of hydrogen-bond acceptors (Lipinski definition) is 6. The smallest absolute Gasteiger partial charge is 0.306 e. The first-order chi connectivity index (χ1) is 9.51. The zero-order valence-corrected chi connectivity index (χ0v) is 12.2. The van der Waals surface area contributed by atoms with Crippen LogP contribution in [0.25, 0.3) is 0 Å². The van der Waals surface area contributed by atoms with Gasteiger partial charge in [-0.2, -0.15) is 0 Å². The topological polar surface area (TPSA) is 81.0 Å². The number of nitrogens with one attached hydrogen (secondary N) is 1. The highest BCUT2D eigenvalue weighted by Gasteiger charge is 2.20. The Morgan fingerprint density at radius 1 is 1.25 bits per heavy atom. The summed E-state index contributed by atoms with van der Waals surface area (Å²) in [5.74, 6) is 0. The standard InChI is InChI=1S/C13H14N4O2S/c1-8-7-9(2)16-13(15-8)20-11-6-4-5-10(14-3)12(11)17(18)19/h4-7,14H,1-3H3. The summed E-state index contributed by atoms with van der Waals surface area (Å²) in [5, 5.41) is 14.6. The van der Waals surface area contributed by atoms with Crippen molar-refractivity contribution >= 4 is 23.1 Å². The second-order valence-electron chi connectivity index (χ2n) is 4.19. The molecule has 0 saturated carbocycles. The number of nitro benzene ring substituents is 1. The first-order valence-electron chi connectivity index (χ1n) is 5.96. The zero-order valence-electron chi connectivity index (χ0n) is 11.4. The first-order valence-corrected chi connectivity index (χ1v) is 6.78. The van der Waals surface area contributed by atoms with Crippen molar-refractivity contribution in [3.8, 4) is 0 Å². The number of anilines is 1. The molecule has 0 atom stereocenters. The van der Waals surface area contributed by atoms with Crippen molar-refractivity contribution in [2.45, 2.75) is 23.9 Å². The molecule has 0 aliphatic rings. The van der Waals surface area contributed by atoms with Crippen LogP contribution in [0.2, 0.25) is 0 Å². The summed E-state index contributed by atoms with van der Waals surface area (Å²) in [6.45, 7) is 3.74. The fourth-order valence-electron chi connectivity index (χ4n) is 1.83. The molecule has 1 aromatic carbocycles. The van der Waals surface area contributed by atoms with Crippen LogP contribution in [-0.4, -0.2) is 21.9 Å². The highest BCUT2D eigenvalue weighted by Crippen LogP contribution is 2.37. The van der Waals surface area contributed by atoms with Crippen LogP contribution < -0.4 is 5.32 Å². The van der Waals surface area contributed by atoms with Crippen LogP contribution in [0.15, 0.2) is 34.3 Å². The Labute approximate surface area is 120 Å². The van der Waals surface area contributed by atoms with Gasteiger partial charge in [0.05, 0.1) is 9.82 Å². The Morgan fingerprint density at radius 3 is 2.45 bits per heavy atom. The SMILES string of the molecule is CNc1cccc(Sc2nc(C)cc(C)n2)c1[N+](=O)[O-]. The van der Waals surface area contributed by atoms with E-state index in [4.69, 9.17) is 0 Å². The molecule has 20 heavy (non-hydrogen) atoms. The van der Waals surface area contributed by atoms with Gasteiger partial charge in [0.25, 0.3) is 0 Å². The first kappa shape index (κ1) is 14.3. The summed E-state index contributed by atoms with van der Waals surface area (Å²) in [6, 6.07) is 7.00. The van der Waals surface area contributed by atoms with E-state index >= 15 is 0 Å². The molecule has 0 bridgehead atoms. The van der Waals surface area contributed by atoms with Crippen molar-refractivity contribution in [3.63, 3.8) is 0 Å². The minimum atomic E-state index is -0.392. The largest absolute Gasteiger partial charge is 0.383 e. The van der Waals surface area contributed by atoms with Crippen molar-refractivity contribution in [3.05, 3.63) is 45.8 Å². The van der Waals surface area contributed by atoms with E-state index in [-0.39, 0.29) is 5.69 Å². The molecular formula is C13H14N4O2S. The van der Waals surface area contributed by atoms with Crippen LogP contribution in [0.1, 0.15) is 11.4 Å². The number of benzene rings is 1. The minimum Gasteiger partial charge on any atom is -0.383 e. The second-order valence-corrected chi connectivity index (χ2v) is 5.20. The third kappa shape index (κ3) is 3.05. The van der Waals surface area contributed by atoms with E-state index in [1.807, 2.05) is 19.9 Å². The maximum Gasteiger partial charge on any atom is 0.306 e. The highest BCUT2D eigenvalue weighted by atomic mass is 32.2. The average Bonchev–Trinajstić information content (AvgIpc) is 2.36. The molecule has 0 radical (unpaired) electrons. The third-order valence-corrected chi connectivity index (χ3v) is 3.53. The van der Waals surface area contributed by atoms with Crippen LogP contribution in [0.3, 0.4) is 0 Å². The monoisotopic (exact) mass is 290 g/mol. The van der Waals surface area contributed by atoms with Crippen molar-refractivity contribution < 1.29 is 4.92 Å². The van der Waals surface area contributed by atoms with Gasteiger partial charge in [-0.3, -0.25) is 10.1 Å². The predicted octanol–water partition coefficient (Wildman–Crippen LogP) is 3.19. The Balaban J connectivity index is 2.45. The van der Waals surface area contributed by atoms with Gasteiger partial charge in [-0.15, -0.1) is 0 Å². The lowest BCUT2D eigenvalue weighted by atomic mass is 10.3. The van der Waals surface area contributed by atoms with Crippen LogP contribution in [0.4, 0.5) is 11.4 Å². The third-order valence-electron chi connectivity index (χ3n) is 2.61. The summed E-state index contributed by atoms with van der Waals surface area (Å²) in [7, 11) is 1.66. The molecule has 104 valence electrons. The molecule has 0 spiro atoms. The molecule has 0 unspecified atom stereocenters. The Morgan fingerprint density at radius 2 is 1.90 bits per heavy atom. The molecule has 1 aromatic heterocycles. The van der Waals surface area contributed by atoms with E-state index in [1.165, 1.54) is 11.8 Å². The number of nitrogens with zero attached hydrogens (tertiary/aromatic N) is 3.